The lowest BCUT2D eigenvalue weighted by atomic mass is 10.00. The number of aliphatic hydroxyl groups excluding tert-OH is 1. The van der Waals surface area contributed by atoms with Gasteiger partial charge in [-0.15, -0.1) is 0 Å². The Kier molecular flexibility index (Phi) is 4.96. The van der Waals surface area contributed by atoms with Gasteiger partial charge >= 0.3 is 0 Å². The number of hydrogen-bond acceptors (Lipinski definition) is 2. The molecule has 58 valence electrons. The largest absolute Gasteiger partial charge is 0.395 e. The van der Waals surface area contributed by atoms with Crippen LogP contribution in [-0.2, 0) is 0 Å². The van der Waals surface area contributed by atoms with Crippen LogP contribution in [0, 0.1) is 23.2 Å². The molecule has 0 radical (unpaired) electrons. The van der Waals surface area contributed by atoms with Crippen LogP contribution in [0.2, 0.25) is 0 Å². The minimum Gasteiger partial charge on any atom is -0.395 e. The first-order valence-electron chi connectivity index (χ1n) is 3.71. The second-order valence-electron chi connectivity index (χ2n) is 2.98. The van der Waals surface area contributed by atoms with Gasteiger partial charge < -0.3 is 5.11 Å². The van der Waals surface area contributed by atoms with Gasteiger partial charge in [-0.3, -0.25) is 0 Å². The van der Waals surface area contributed by atoms with Crippen LogP contribution in [-0.4, -0.2) is 11.7 Å². The smallest absolute Gasteiger partial charge is 0.0694 e. The SMILES string of the molecule is CC(C)CCC(C#N)CO. The van der Waals surface area contributed by atoms with Crippen molar-refractivity contribution in [3.05, 3.63) is 0 Å². The van der Waals surface area contributed by atoms with Gasteiger partial charge in [-0.25, -0.2) is 0 Å². The van der Waals surface area contributed by atoms with Crippen molar-refractivity contribution in [1.29, 1.82) is 5.26 Å². The van der Waals surface area contributed by atoms with E-state index in [1.165, 1.54) is 0 Å². The van der Waals surface area contributed by atoms with Crippen LogP contribution in [0.25, 0.3) is 0 Å². The zero-order chi connectivity index (χ0) is 7.98. The summed E-state index contributed by atoms with van der Waals surface area (Å²) in [5.41, 5.74) is 0. The second kappa shape index (κ2) is 5.25. The molecule has 0 aliphatic heterocycles. The first kappa shape index (κ1) is 9.45. The van der Waals surface area contributed by atoms with Crippen LogP contribution >= 0.6 is 0 Å². The highest BCUT2D eigenvalue weighted by Crippen LogP contribution is 2.10. The van der Waals surface area contributed by atoms with Crippen LogP contribution in [0.3, 0.4) is 0 Å². The van der Waals surface area contributed by atoms with Crippen molar-refractivity contribution in [2.45, 2.75) is 26.7 Å². The van der Waals surface area contributed by atoms with E-state index in [1.54, 1.807) is 0 Å². The number of hydrogen-bond donors (Lipinski definition) is 1. The van der Waals surface area contributed by atoms with Crippen molar-refractivity contribution in [3.63, 3.8) is 0 Å². The van der Waals surface area contributed by atoms with E-state index in [-0.39, 0.29) is 12.5 Å². The molecule has 0 aromatic rings. The van der Waals surface area contributed by atoms with E-state index in [0.717, 1.165) is 12.8 Å². The number of nitriles is 1. The summed E-state index contributed by atoms with van der Waals surface area (Å²) in [7, 11) is 0. The Labute approximate surface area is 62.5 Å². The quantitative estimate of drug-likeness (QED) is 0.645. The Morgan fingerprint density at radius 2 is 2.00 bits per heavy atom. The average molecular weight is 141 g/mol. The summed E-state index contributed by atoms with van der Waals surface area (Å²) in [5.74, 6) is 0.477. The lowest BCUT2D eigenvalue weighted by molar-refractivity contribution is 0.244. The maximum absolute atomic E-state index is 8.62. The summed E-state index contributed by atoms with van der Waals surface area (Å²) in [5, 5.41) is 17.0. The maximum Gasteiger partial charge on any atom is 0.0694 e. The first-order chi connectivity index (χ1) is 4.70. The molecule has 0 aliphatic rings. The Bertz CT molecular complexity index is 115. The molecule has 1 N–H and O–H groups in total. The van der Waals surface area contributed by atoms with Crippen LogP contribution in [0.5, 0.6) is 0 Å². The van der Waals surface area contributed by atoms with Crippen LogP contribution < -0.4 is 0 Å². The molecule has 0 aromatic heterocycles. The minimum absolute atomic E-state index is 0.00319. The molecule has 0 heterocycles. The third kappa shape index (κ3) is 4.34. The summed E-state index contributed by atoms with van der Waals surface area (Å²) >= 11 is 0. The second-order valence-corrected chi connectivity index (χ2v) is 2.98. The first-order valence-corrected chi connectivity index (χ1v) is 3.71. The van der Waals surface area contributed by atoms with Crippen molar-refractivity contribution in [2.75, 3.05) is 6.61 Å². The lowest BCUT2D eigenvalue weighted by Crippen LogP contribution is -2.04. The van der Waals surface area contributed by atoms with Crippen LogP contribution in [0.15, 0.2) is 0 Å². The monoisotopic (exact) mass is 141 g/mol. The average Bonchev–Trinajstić information content (AvgIpc) is 1.90. The lowest BCUT2D eigenvalue weighted by Gasteiger charge is -2.06. The fraction of sp³-hybridized carbons (Fsp3) is 0.875. The van der Waals surface area contributed by atoms with Gasteiger partial charge in [0, 0.05) is 0 Å². The minimum atomic E-state index is -0.151. The van der Waals surface area contributed by atoms with Gasteiger partial charge in [0.15, 0.2) is 0 Å². The fourth-order valence-electron chi connectivity index (χ4n) is 0.731. The fourth-order valence-corrected chi connectivity index (χ4v) is 0.731. The van der Waals surface area contributed by atoms with Crippen molar-refractivity contribution >= 4 is 0 Å². The highest BCUT2D eigenvalue weighted by atomic mass is 16.3. The van der Waals surface area contributed by atoms with Crippen LogP contribution in [0.4, 0.5) is 0 Å². The highest BCUT2D eigenvalue weighted by molar-refractivity contribution is 4.81. The van der Waals surface area contributed by atoms with E-state index in [1.807, 2.05) is 0 Å². The molecular formula is C8H15NO. The highest BCUT2D eigenvalue weighted by Gasteiger charge is 2.05. The van der Waals surface area contributed by atoms with Crippen molar-refractivity contribution in [3.8, 4) is 6.07 Å². The molecule has 0 aliphatic carbocycles. The number of nitrogens with zero attached hydrogens (tertiary/aromatic N) is 1. The molecule has 2 nitrogen and oxygen atoms in total. The zero-order valence-electron chi connectivity index (χ0n) is 6.67. The van der Waals surface area contributed by atoms with E-state index in [4.69, 9.17) is 10.4 Å². The van der Waals surface area contributed by atoms with Gasteiger partial charge in [-0.05, 0) is 18.8 Å². The summed E-state index contributed by atoms with van der Waals surface area (Å²) in [6.45, 7) is 4.24. The molecule has 0 aromatic carbocycles. The number of rotatable bonds is 4. The van der Waals surface area contributed by atoms with Crippen LogP contribution in [0.1, 0.15) is 26.7 Å². The molecule has 0 amide bonds. The molecule has 2 heteroatoms. The van der Waals surface area contributed by atoms with Gasteiger partial charge in [0.2, 0.25) is 0 Å². The molecule has 1 atom stereocenters. The Morgan fingerprint density at radius 1 is 1.40 bits per heavy atom. The molecule has 0 fully saturated rings. The molecule has 0 rings (SSSR count). The summed E-state index contributed by atoms with van der Waals surface area (Å²) in [6, 6.07) is 2.06. The van der Waals surface area contributed by atoms with E-state index in [2.05, 4.69) is 19.9 Å². The van der Waals surface area contributed by atoms with Gasteiger partial charge in [0.25, 0.3) is 0 Å². The molecule has 0 bridgehead atoms. The third-order valence-electron chi connectivity index (χ3n) is 1.50. The van der Waals surface area contributed by atoms with E-state index in [0.29, 0.717) is 5.92 Å². The summed E-state index contributed by atoms with van der Waals surface area (Å²) in [4.78, 5) is 0. The molecule has 0 spiro atoms. The van der Waals surface area contributed by atoms with Crippen molar-refractivity contribution < 1.29 is 5.11 Å². The zero-order valence-corrected chi connectivity index (χ0v) is 6.67. The normalized spacial score (nSPS) is 13.1. The van der Waals surface area contributed by atoms with Gasteiger partial charge in [0.05, 0.1) is 18.6 Å². The van der Waals surface area contributed by atoms with E-state index in [9.17, 15) is 0 Å². The van der Waals surface area contributed by atoms with E-state index >= 15 is 0 Å². The molecule has 0 saturated carbocycles. The predicted octanol–water partition coefficient (Wildman–Crippen LogP) is 1.55. The topological polar surface area (TPSA) is 44.0 Å². The predicted molar refractivity (Wildman–Crippen MR) is 40.3 cm³/mol. The Hall–Kier alpha value is -0.550. The van der Waals surface area contributed by atoms with E-state index < -0.39 is 0 Å². The summed E-state index contributed by atoms with van der Waals surface area (Å²) < 4.78 is 0. The maximum atomic E-state index is 8.62. The summed E-state index contributed by atoms with van der Waals surface area (Å²) in [6.07, 6.45) is 1.85. The molecule has 10 heavy (non-hydrogen) atoms. The van der Waals surface area contributed by atoms with Gasteiger partial charge in [-0.2, -0.15) is 5.26 Å². The van der Waals surface area contributed by atoms with Crippen molar-refractivity contribution in [1.82, 2.24) is 0 Å². The Morgan fingerprint density at radius 3 is 2.30 bits per heavy atom. The van der Waals surface area contributed by atoms with Crippen molar-refractivity contribution in [2.24, 2.45) is 11.8 Å². The van der Waals surface area contributed by atoms with Gasteiger partial charge in [-0.1, -0.05) is 13.8 Å². The third-order valence-corrected chi connectivity index (χ3v) is 1.50. The van der Waals surface area contributed by atoms with Gasteiger partial charge in [0.1, 0.15) is 0 Å². The number of aliphatic hydroxyl groups is 1. The Balaban J connectivity index is 3.38. The molecule has 1 unspecified atom stereocenters. The molecule has 0 saturated heterocycles. The standard InChI is InChI=1S/C8H15NO/c1-7(2)3-4-8(5-9)6-10/h7-8,10H,3-4,6H2,1-2H3. The molecular weight excluding hydrogens is 126 g/mol.